The molecular weight excluding hydrogens is 507 g/mol. The lowest BCUT2D eigenvalue weighted by Gasteiger charge is -2.25. The number of amides is 1. The predicted molar refractivity (Wildman–Crippen MR) is 151 cm³/mol. The van der Waals surface area contributed by atoms with Crippen LogP contribution in [0.1, 0.15) is 39.4 Å². The molecule has 1 aliphatic rings. The van der Waals surface area contributed by atoms with Gasteiger partial charge in [0.1, 0.15) is 51.8 Å². The number of nitriles is 1. The number of carbonyl (C=O) groups excluding carboxylic acids is 1. The fourth-order valence-electron chi connectivity index (χ4n) is 5.09. The molecule has 0 spiro atoms. The molecule has 40 heavy (non-hydrogen) atoms. The summed E-state index contributed by atoms with van der Waals surface area (Å²) in [6.07, 6.45) is 7.04. The molecule has 2 aromatic heterocycles. The van der Waals surface area contributed by atoms with Crippen molar-refractivity contribution in [3.8, 4) is 28.8 Å². The lowest BCUT2D eigenvalue weighted by atomic mass is 9.93. The van der Waals surface area contributed by atoms with Crippen molar-refractivity contribution in [2.45, 2.75) is 46.1 Å². The minimum atomic E-state index is -0.508. The van der Waals surface area contributed by atoms with Crippen LogP contribution in [0.4, 0.5) is 10.2 Å². The Morgan fingerprint density at radius 3 is 2.70 bits per heavy atom. The van der Waals surface area contributed by atoms with Gasteiger partial charge >= 0.3 is 0 Å². The third-order valence-corrected chi connectivity index (χ3v) is 6.82. The molecule has 5 rings (SSSR count). The van der Waals surface area contributed by atoms with Crippen LogP contribution in [0.3, 0.4) is 0 Å². The van der Waals surface area contributed by atoms with Gasteiger partial charge in [-0.15, -0.1) is 0 Å². The van der Waals surface area contributed by atoms with Crippen LogP contribution >= 0.6 is 0 Å². The largest absolute Gasteiger partial charge is 0.457 e. The van der Waals surface area contributed by atoms with E-state index in [-0.39, 0.29) is 34.3 Å². The fourth-order valence-corrected chi connectivity index (χ4v) is 5.09. The van der Waals surface area contributed by atoms with Crippen molar-refractivity contribution in [3.05, 3.63) is 84.2 Å². The number of aromatic nitrogens is 3. The van der Waals surface area contributed by atoms with Gasteiger partial charge in [-0.2, -0.15) is 5.26 Å². The molecule has 9 heteroatoms. The molecule has 2 aromatic carbocycles. The number of benzene rings is 2. The number of anilines is 1. The normalized spacial score (nSPS) is 15.8. The summed E-state index contributed by atoms with van der Waals surface area (Å²) in [5.41, 5.74) is 7.23. The number of halogens is 1. The molecule has 1 amide bonds. The van der Waals surface area contributed by atoms with Gasteiger partial charge in [0.15, 0.2) is 0 Å². The van der Waals surface area contributed by atoms with E-state index in [0.29, 0.717) is 41.5 Å². The third-order valence-electron chi connectivity index (χ3n) is 6.82. The second-order valence-electron chi connectivity index (χ2n) is 11.0. The van der Waals surface area contributed by atoms with Crippen LogP contribution in [-0.4, -0.2) is 37.8 Å². The quantitative estimate of drug-likeness (QED) is 0.240. The number of likely N-dealkylation sites (tertiary alicyclic amines) is 1. The second kappa shape index (κ2) is 10.8. The number of imidazole rings is 1. The first kappa shape index (κ1) is 26.9. The van der Waals surface area contributed by atoms with Crippen LogP contribution < -0.4 is 10.5 Å². The van der Waals surface area contributed by atoms with Crippen molar-refractivity contribution < 1.29 is 13.9 Å². The van der Waals surface area contributed by atoms with E-state index in [4.69, 9.17) is 15.5 Å². The van der Waals surface area contributed by atoms with Gasteiger partial charge in [0.2, 0.25) is 0 Å². The van der Waals surface area contributed by atoms with Crippen LogP contribution in [0, 0.1) is 22.6 Å². The lowest BCUT2D eigenvalue weighted by Crippen LogP contribution is -2.38. The Labute approximate surface area is 232 Å². The SMILES string of the molecule is CC(C)(C)/C=C(/C#N)C(=O)N1CCC[C@H]1Cc1nc(-c2ccc(Oc3ccccc3)cc2F)c2c(N)nccn12. The Balaban J connectivity index is 1.48. The van der Waals surface area contributed by atoms with Crippen molar-refractivity contribution in [1.29, 1.82) is 5.26 Å². The summed E-state index contributed by atoms with van der Waals surface area (Å²) in [4.78, 5) is 24.1. The molecule has 3 heterocycles. The summed E-state index contributed by atoms with van der Waals surface area (Å²) in [5, 5.41) is 9.68. The summed E-state index contributed by atoms with van der Waals surface area (Å²) in [6.45, 7) is 6.42. The standard InChI is InChI=1S/C31H31FN6O2/c1-31(2,3)18-20(19-33)30(39)37-14-7-8-21(37)16-26-36-27(28-29(34)35-13-15-38(26)28)24-12-11-23(17-25(24)32)40-22-9-5-4-6-10-22/h4-6,9-13,15,17-18,21H,7-8,14,16H2,1-3H3,(H2,34,35)/b20-18-/t21-/m0/s1. The van der Waals surface area contributed by atoms with E-state index in [1.165, 1.54) is 6.07 Å². The Morgan fingerprint density at radius 1 is 1.23 bits per heavy atom. The topological polar surface area (TPSA) is 110 Å². The van der Waals surface area contributed by atoms with Crippen LogP contribution in [-0.2, 0) is 11.2 Å². The van der Waals surface area contributed by atoms with E-state index in [1.54, 1.807) is 47.6 Å². The van der Waals surface area contributed by atoms with Gasteiger partial charge in [0.25, 0.3) is 5.91 Å². The van der Waals surface area contributed by atoms with Gasteiger partial charge in [-0.05, 0) is 42.5 Å². The van der Waals surface area contributed by atoms with E-state index >= 15 is 4.39 Å². The fraction of sp³-hybridized carbons (Fsp3) is 0.290. The van der Waals surface area contributed by atoms with Crippen molar-refractivity contribution in [1.82, 2.24) is 19.3 Å². The van der Waals surface area contributed by atoms with Gasteiger partial charge in [0, 0.05) is 43.0 Å². The highest BCUT2D eigenvalue weighted by molar-refractivity contribution is 5.97. The molecule has 204 valence electrons. The summed E-state index contributed by atoms with van der Waals surface area (Å²) in [7, 11) is 0. The van der Waals surface area contributed by atoms with E-state index in [2.05, 4.69) is 11.1 Å². The van der Waals surface area contributed by atoms with Crippen LogP contribution in [0.2, 0.25) is 0 Å². The summed E-state index contributed by atoms with van der Waals surface area (Å²) >= 11 is 0. The Morgan fingerprint density at radius 2 is 2.00 bits per heavy atom. The van der Waals surface area contributed by atoms with Crippen molar-refractivity contribution in [2.75, 3.05) is 12.3 Å². The highest BCUT2D eigenvalue weighted by atomic mass is 19.1. The number of ether oxygens (including phenoxy) is 1. The van der Waals surface area contributed by atoms with E-state index in [0.717, 1.165) is 12.8 Å². The smallest absolute Gasteiger partial charge is 0.264 e. The Bertz CT molecular complexity index is 1630. The van der Waals surface area contributed by atoms with Crippen LogP contribution in [0.15, 0.2) is 72.6 Å². The first-order chi connectivity index (χ1) is 19.1. The monoisotopic (exact) mass is 538 g/mol. The molecule has 1 atom stereocenters. The predicted octanol–water partition coefficient (Wildman–Crippen LogP) is 5.94. The van der Waals surface area contributed by atoms with Gasteiger partial charge < -0.3 is 15.4 Å². The minimum absolute atomic E-state index is 0.140. The molecule has 4 aromatic rings. The average molecular weight is 539 g/mol. The van der Waals surface area contributed by atoms with E-state index < -0.39 is 5.82 Å². The van der Waals surface area contributed by atoms with Crippen molar-refractivity contribution in [2.24, 2.45) is 5.41 Å². The molecular formula is C31H31FN6O2. The number of fused-ring (bicyclic) bond motifs is 1. The Hall–Kier alpha value is -4.71. The maximum atomic E-state index is 15.5. The van der Waals surface area contributed by atoms with Crippen molar-refractivity contribution in [3.63, 3.8) is 0 Å². The first-order valence-electron chi connectivity index (χ1n) is 13.2. The number of carbonyl (C=O) groups is 1. The van der Waals surface area contributed by atoms with Gasteiger partial charge in [0.05, 0.1) is 0 Å². The Kier molecular flexibility index (Phi) is 7.26. The number of hydrogen-bond donors (Lipinski definition) is 1. The summed E-state index contributed by atoms with van der Waals surface area (Å²) < 4.78 is 23.1. The molecule has 2 N–H and O–H groups in total. The second-order valence-corrected chi connectivity index (χ2v) is 11.0. The minimum Gasteiger partial charge on any atom is -0.457 e. The van der Waals surface area contributed by atoms with Crippen LogP contribution in [0.25, 0.3) is 16.8 Å². The number of nitrogens with two attached hydrogens (primary N) is 1. The third kappa shape index (κ3) is 5.52. The molecule has 1 fully saturated rings. The molecule has 1 saturated heterocycles. The van der Waals surface area contributed by atoms with E-state index in [9.17, 15) is 10.1 Å². The number of rotatable bonds is 6. The molecule has 0 aliphatic carbocycles. The number of nitrogens with zero attached hydrogens (tertiary/aromatic N) is 5. The first-order valence-corrected chi connectivity index (χ1v) is 13.2. The van der Waals surface area contributed by atoms with Crippen LogP contribution in [0.5, 0.6) is 11.5 Å². The lowest BCUT2D eigenvalue weighted by molar-refractivity contribution is -0.127. The molecule has 0 unspecified atom stereocenters. The molecule has 1 aliphatic heterocycles. The molecule has 0 radical (unpaired) electrons. The molecule has 0 bridgehead atoms. The number of hydrogen-bond acceptors (Lipinski definition) is 6. The van der Waals surface area contributed by atoms with Gasteiger partial charge in [-0.1, -0.05) is 45.0 Å². The number of nitrogen functional groups attached to an aromatic ring is 1. The highest BCUT2D eigenvalue weighted by Crippen LogP contribution is 2.34. The molecule has 8 nitrogen and oxygen atoms in total. The zero-order chi connectivity index (χ0) is 28.4. The maximum absolute atomic E-state index is 15.5. The van der Waals surface area contributed by atoms with Gasteiger partial charge in [-0.3, -0.25) is 9.20 Å². The zero-order valence-electron chi connectivity index (χ0n) is 22.8. The van der Waals surface area contributed by atoms with Crippen molar-refractivity contribution >= 4 is 17.2 Å². The summed E-state index contributed by atoms with van der Waals surface area (Å²) in [5.74, 6) is 1.03. The zero-order valence-corrected chi connectivity index (χ0v) is 22.8. The number of allylic oxidation sites excluding steroid dienone is 1. The maximum Gasteiger partial charge on any atom is 0.264 e. The highest BCUT2D eigenvalue weighted by Gasteiger charge is 2.33. The number of para-hydroxylation sites is 1. The average Bonchev–Trinajstić information content (AvgIpc) is 3.53. The molecule has 0 saturated carbocycles. The van der Waals surface area contributed by atoms with E-state index in [1.807, 2.05) is 43.4 Å². The van der Waals surface area contributed by atoms with Gasteiger partial charge in [-0.25, -0.2) is 14.4 Å². The summed E-state index contributed by atoms with van der Waals surface area (Å²) in [6, 6.07) is 15.7.